The molecule has 2 heterocycles. The molecular formula is C20H18N2O4S. The highest BCUT2D eigenvalue weighted by Gasteiger charge is 2.30. The van der Waals surface area contributed by atoms with Gasteiger partial charge >= 0.3 is 5.97 Å². The molecule has 1 atom stereocenters. The molecule has 1 aromatic heterocycles. The van der Waals surface area contributed by atoms with Gasteiger partial charge in [0.25, 0.3) is 5.56 Å². The van der Waals surface area contributed by atoms with E-state index in [-0.39, 0.29) is 16.8 Å². The number of ether oxygens (including phenoxy) is 2. The molecule has 7 heteroatoms. The van der Waals surface area contributed by atoms with Gasteiger partial charge < -0.3 is 9.47 Å². The summed E-state index contributed by atoms with van der Waals surface area (Å²) in [5.41, 5.74) is 1.01. The van der Waals surface area contributed by atoms with Gasteiger partial charge in [-0.15, -0.1) is 0 Å². The van der Waals surface area contributed by atoms with Crippen LogP contribution < -0.4 is 10.3 Å². The molecule has 0 amide bonds. The van der Waals surface area contributed by atoms with E-state index in [0.717, 1.165) is 0 Å². The summed E-state index contributed by atoms with van der Waals surface area (Å²) in [6.07, 6.45) is 0.597. The fourth-order valence-corrected chi connectivity index (χ4v) is 4.11. The summed E-state index contributed by atoms with van der Waals surface area (Å²) in [6, 6.07) is 14.5. The second-order valence-corrected chi connectivity index (χ2v) is 7.19. The van der Waals surface area contributed by atoms with E-state index in [1.807, 2.05) is 43.3 Å². The minimum atomic E-state index is -0.372. The zero-order valence-corrected chi connectivity index (χ0v) is 15.6. The van der Waals surface area contributed by atoms with Crippen LogP contribution in [0, 0.1) is 0 Å². The summed E-state index contributed by atoms with van der Waals surface area (Å²) in [4.78, 5) is 29.9. The Bertz CT molecular complexity index is 1060. The van der Waals surface area contributed by atoms with E-state index >= 15 is 0 Å². The van der Waals surface area contributed by atoms with Crippen LogP contribution in [0.25, 0.3) is 16.6 Å². The van der Waals surface area contributed by atoms with Crippen molar-refractivity contribution in [3.05, 3.63) is 58.9 Å². The van der Waals surface area contributed by atoms with Crippen molar-refractivity contribution in [1.82, 2.24) is 9.55 Å². The van der Waals surface area contributed by atoms with Crippen LogP contribution in [0.15, 0.2) is 58.5 Å². The van der Waals surface area contributed by atoms with E-state index in [2.05, 4.69) is 4.98 Å². The van der Waals surface area contributed by atoms with Gasteiger partial charge in [0.05, 0.1) is 29.8 Å². The minimum absolute atomic E-state index is 0.193. The Morgan fingerprint density at radius 2 is 1.96 bits per heavy atom. The predicted molar refractivity (Wildman–Crippen MR) is 104 cm³/mol. The standard InChI is InChI=1S/C20H18N2O4S/c1-2-25-16-10-6-5-9-15(16)22-18(23)13-7-3-4-8-14(13)21-20(22)27-17-11-12-26-19(17)24/h3-10,17H,2,11-12H2,1H3. The number of para-hydroxylation sites is 3. The summed E-state index contributed by atoms with van der Waals surface area (Å²) >= 11 is 1.26. The molecule has 0 saturated carbocycles. The topological polar surface area (TPSA) is 70.4 Å². The third-order valence-electron chi connectivity index (χ3n) is 4.29. The van der Waals surface area contributed by atoms with Crippen molar-refractivity contribution < 1.29 is 14.3 Å². The maximum atomic E-state index is 13.3. The Morgan fingerprint density at radius 1 is 1.19 bits per heavy atom. The summed E-state index contributed by atoms with van der Waals surface area (Å²) in [6.45, 7) is 2.76. The van der Waals surface area contributed by atoms with Gasteiger partial charge in [-0.25, -0.2) is 4.98 Å². The van der Waals surface area contributed by atoms with Gasteiger partial charge in [0.15, 0.2) is 5.16 Å². The summed E-state index contributed by atoms with van der Waals surface area (Å²) in [5, 5.41) is 0.598. The largest absolute Gasteiger partial charge is 0.492 e. The summed E-state index contributed by atoms with van der Waals surface area (Å²) in [7, 11) is 0. The molecule has 1 fully saturated rings. The number of nitrogens with zero attached hydrogens (tertiary/aromatic N) is 2. The van der Waals surface area contributed by atoms with Gasteiger partial charge in [-0.3, -0.25) is 14.2 Å². The van der Waals surface area contributed by atoms with Gasteiger partial charge in [0.2, 0.25) is 0 Å². The molecule has 4 rings (SSSR count). The summed E-state index contributed by atoms with van der Waals surface area (Å²) in [5.74, 6) is 0.321. The van der Waals surface area contributed by atoms with Gasteiger partial charge in [-0.2, -0.15) is 0 Å². The molecule has 27 heavy (non-hydrogen) atoms. The lowest BCUT2D eigenvalue weighted by molar-refractivity contribution is -0.137. The molecule has 1 unspecified atom stereocenters. The maximum absolute atomic E-state index is 13.3. The van der Waals surface area contributed by atoms with Gasteiger partial charge in [0.1, 0.15) is 11.0 Å². The first-order chi connectivity index (χ1) is 13.2. The molecule has 3 aromatic rings. The fraction of sp³-hybridized carbons (Fsp3) is 0.250. The lowest BCUT2D eigenvalue weighted by Gasteiger charge is -2.17. The predicted octanol–water partition coefficient (Wildman–Crippen LogP) is 3.19. The van der Waals surface area contributed by atoms with Crippen LogP contribution in [0.3, 0.4) is 0 Å². The Hall–Kier alpha value is -2.80. The number of benzene rings is 2. The number of aromatic nitrogens is 2. The fourth-order valence-electron chi connectivity index (χ4n) is 3.03. The third-order valence-corrected chi connectivity index (χ3v) is 5.48. The SMILES string of the molecule is CCOc1ccccc1-n1c(SC2CCOC2=O)nc2ccccc2c1=O. The smallest absolute Gasteiger partial charge is 0.319 e. The van der Waals surface area contributed by atoms with Crippen LogP contribution in [0.5, 0.6) is 5.75 Å². The molecule has 1 saturated heterocycles. The second-order valence-electron chi connectivity index (χ2n) is 6.02. The monoisotopic (exact) mass is 382 g/mol. The maximum Gasteiger partial charge on any atom is 0.319 e. The third kappa shape index (κ3) is 3.30. The van der Waals surface area contributed by atoms with Crippen molar-refractivity contribution >= 4 is 28.6 Å². The molecule has 0 spiro atoms. The van der Waals surface area contributed by atoms with Crippen molar-refractivity contribution in [2.45, 2.75) is 23.8 Å². The molecular weight excluding hydrogens is 364 g/mol. The number of esters is 1. The zero-order chi connectivity index (χ0) is 18.8. The first-order valence-electron chi connectivity index (χ1n) is 8.76. The zero-order valence-electron chi connectivity index (χ0n) is 14.8. The highest BCUT2D eigenvalue weighted by Crippen LogP contribution is 2.32. The highest BCUT2D eigenvalue weighted by molar-refractivity contribution is 8.00. The van der Waals surface area contributed by atoms with E-state index in [9.17, 15) is 9.59 Å². The van der Waals surface area contributed by atoms with Crippen molar-refractivity contribution in [2.24, 2.45) is 0 Å². The van der Waals surface area contributed by atoms with Gasteiger partial charge in [-0.05, 0) is 31.2 Å². The number of rotatable bonds is 5. The van der Waals surface area contributed by atoms with Crippen molar-refractivity contribution in [3.8, 4) is 11.4 Å². The first kappa shape index (κ1) is 17.6. The number of fused-ring (bicyclic) bond motifs is 1. The Labute approximate surface area is 160 Å². The summed E-state index contributed by atoms with van der Waals surface area (Å²) < 4.78 is 12.3. The van der Waals surface area contributed by atoms with Gasteiger partial charge in [-0.1, -0.05) is 36.0 Å². The van der Waals surface area contributed by atoms with E-state index in [1.54, 1.807) is 12.1 Å². The average Bonchev–Trinajstić information content (AvgIpc) is 3.08. The van der Waals surface area contributed by atoms with Crippen LogP contribution in [-0.4, -0.2) is 34.0 Å². The van der Waals surface area contributed by atoms with Gasteiger partial charge in [0, 0.05) is 6.42 Å². The number of carbonyl (C=O) groups is 1. The Morgan fingerprint density at radius 3 is 2.74 bits per heavy atom. The molecule has 138 valence electrons. The molecule has 1 aliphatic rings. The van der Waals surface area contributed by atoms with Crippen LogP contribution in [-0.2, 0) is 9.53 Å². The van der Waals surface area contributed by atoms with Crippen LogP contribution >= 0.6 is 11.8 Å². The number of thioether (sulfide) groups is 1. The van der Waals surface area contributed by atoms with Crippen molar-refractivity contribution in [1.29, 1.82) is 0 Å². The van der Waals surface area contributed by atoms with Crippen LogP contribution in [0.2, 0.25) is 0 Å². The molecule has 0 bridgehead atoms. The first-order valence-corrected chi connectivity index (χ1v) is 9.64. The molecule has 6 nitrogen and oxygen atoms in total. The number of cyclic esters (lactones) is 1. The molecule has 0 aliphatic carbocycles. The van der Waals surface area contributed by atoms with Crippen LogP contribution in [0.4, 0.5) is 0 Å². The number of carbonyl (C=O) groups excluding carboxylic acids is 1. The molecule has 0 N–H and O–H groups in total. The minimum Gasteiger partial charge on any atom is -0.492 e. The second kappa shape index (κ2) is 7.44. The highest BCUT2D eigenvalue weighted by atomic mass is 32.2. The normalized spacial score (nSPS) is 16.5. The van der Waals surface area contributed by atoms with E-state index in [1.165, 1.54) is 16.3 Å². The lowest BCUT2D eigenvalue weighted by Crippen LogP contribution is -2.24. The number of hydrogen-bond donors (Lipinski definition) is 0. The Kier molecular flexibility index (Phi) is 4.85. The van der Waals surface area contributed by atoms with Crippen molar-refractivity contribution in [2.75, 3.05) is 13.2 Å². The quantitative estimate of drug-likeness (QED) is 0.499. The lowest BCUT2D eigenvalue weighted by atomic mass is 10.2. The van der Waals surface area contributed by atoms with Crippen molar-refractivity contribution in [3.63, 3.8) is 0 Å². The number of hydrogen-bond acceptors (Lipinski definition) is 6. The van der Waals surface area contributed by atoms with E-state index < -0.39 is 0 Å². The van der Waals surface area contributed by atoms with E-state index in [4.69, 9.17) is 9.47 Å². The Balaban J connectivity index is 1.94. The molecule has 1 aliphatic heterocycles. The average molecular weight is 382 g/mol. The molecule has 2 aromatic carbocycles. The van der Waals surface area contributed by atoms with Crippen LogP contribution in [0.1, 0.15) is 13.3 Å². The molecule has 0 radical (unpaired) electrons. The van der Waals surface area contributed by atoms with E-state index in [0.29, 0.717) is 47.1 Å².